The van der Waals surface area contributed by atoms with Gasteiger partial charge in [-0.25, -0.2) is 0 Å². The van der Waals surface area contributed by atoms with Crippen LogP contribution in [0.4, 0.5) is 0 Å². The van der Waals surface area contributed by atoms with Crippen molar-refractivity contribution in [1.29, 1.82) is 0 Å². The number of thiophene rings is 1. The third-order valence-corrected chi connectivity index (χ3v) is 9.37. The number of hydrogen-bond acceptors (Lipinski definition) is 1. The summed E-state index contributed by atoms with van der Waals surface area (Å²) in [6.45, 7) is 0. The van der Waals surface area contributed by atoms with Crippen LogP contribution in [0.2, 0.25) is 0 Å². The van der Waals surface area contributed by atoms with Crippen molar-refractivity contribution in [3.05, 3.63) is 121 Å². The van der Waals surface area contributed by atoms with Crippen molar-refractivity contribution in [2.45, 2.75) is 0 Å². The van der Waals surface area contributed by atoms with E-state index in [4.69, 9.17) is 0 Å². The zero-order valence-electron chi connectivity index (χ0n) is 20.5. The van der Waals surface area contributed by atoms with E-state index < -0.39 is 0 Å². The molecule has 2 aromatic heterocycles. The van der Waals surface area contributed by atoms with Crippen LogP contribution in [0.25, 0.3) is 85.4 Å². The summed E-state index contributed by atoms with van der Waals surface area (Å²) in [5.41, 5.74) is 4.94. The predicted molar refractivity (Wildman–Crippen MR) is 167 cm³/mol. The lowest BCUT2D eigenvalue weighted by Crippen LogP contribution is -1.84. The van der Waals surface area contributed by atoms with Gasteiger partial charge >= 0.3 is 0 Å². The summed E-state index contributed by atoms with van der Waals surface area (Å²) < 4.78 is 2.71. The van der Waals surface area contributed by atoms with E-state index in [1.54, 1.807) is 0 Å². The van der Waals surface area contributed by atoms with Gasteiger partial charge in [-0.1, -0.05) is 97.1 Å². The highest BCUT2D eigenvalue weighted by Crippen LogP contribution is 2.47. The smallest absolute Gasteiger partial charge is 0.0551 e. The molecule has 0 atom stereocenters. The van der Waals surface area contributed by atoms with Gasteiger partial charge in [0.15, 0.2) is 0 Å². The Morgan fingerprint density at radius 2 is 1.16 bits per heavy atom. The molecule has 7 aromatic carbocycles. The fraction of sp³-hybridized carbons (Fsp3) is 0. The van der Waals surface area contributed by atoms with Crippen LogP contribution in [-0.2, 0) is 0 Å². The molecule has 0 aliphatic rings. The fourth-order valence-corrected chi connectivity index (χ4v) is 7.75. The molecule has 0 amide bonds. The van der Waals surface area contributed by atoms with Crippen molar-refractivity contribution in [1.82, 2.24) is 4.98 Å². The molecule has 0 spiro atoms. The summed E-state index contributed by atoms with van der Waals surface area (Å²) in [4.78, 5) is 3.82. The Morgan fingerprint density at radius 1 is 0.474 bits per heavy atom. The van der Waals surface area contributed by atoms with Crippen molar-refractivity contribution in [2.75, 3.05) is 0 Å². The van der Waals surface area contributed by atoms with Gasteiger partial charge in [0.1, 0.15) is 0 Å². The van der Waals surface area contributed by atoms with Gasteiger partial charge in [-0.3, -0.25) is 0 Å². The second kappa shape index (κ2) is 7.44. The molecule has 2 heteroatoms. The lowest BCUT2D eigenvalue weighted by atomic mass is 9.92. The zero-order valence-corrected chi connectivity index (χ0v) is 21.3. The van der Waals surface area contributed by atoms with Crippen molar-refractivity contribution in [3.8, 4) is 11.1 Å². The average molecular weight is 500 g/mol. The highest BCUT2D eigenvalue weighted by atomic mass is 32.1. The number of fused-ring (bicyclic) bond motifs is 13. The molecule has 38 heavy (non-hydrogen) atoms. The first-order valence-corrected chi connectivity index (χ1v) is 13.8. The molecule has 0 radical (unpaired) electrons. The molecule has 0 bridgehead atoms. The Hall–Kier alpha value is -4.66. The van der Waals surface area contributed by atoms with E-state index in [0.717, 1.165) is 0 Å². The lowest BCUT2D eigenvalue weighted by Gasteiger charge is -2.11. The average Bonchev–Trinajstić information content (AvgIpc) is 3.55. The van der Waals surface area contributed by atoms with Crippen LogP contribution >= 0.6 is 11.3 Å². The van der Waals surface area contributed by atoms with Crippen LogP contribution in [0.1, 0.15) is 0 Å². The Kier molecular flexibility index (Phi) is 3.99. The number of hydrogen-bond donors (Lipinski definition) is 1. The highest BCUT2D eigenvalue weighted by molar-refractivity contribution is 7.27. The van der Waals surface area contributed by atoms with E-state index >= 15 is 0 Å². The molecular weight excluding hydrogens is 478 g/mol. The van der Waals surface area contributed by atoms with Gasteiger partial charge in [-0.15, -0.1) is 11.3 Å². The van der Waals surface area contributed by atoms with Gasteiger partial charge in [0.05, 0.1) is 5.52 Å². The standard InChI is InChI=1S/C36H21NS/c1-2-10-23-21(9-1)19-29(25-12-4-3-11-24(23)25)22-17-18-31-30(20-22)33-34-28-15-7-8-16-32(28)38-36(34)27-14-6-5-13-26(27)35(33)37-31/h1-20,37H. The number of rotatable bonds is 1. The Bertz CT molecular complexity index is 2400. The third kappa shape index (κ3) is 2.65. The van der Waals surface area contributed by atoms with Crippen molar-refractivity contribution in [3.63, 3.8) is 0 Å². The molecule has 0 unspecified atom stereocenters. The lowest BCUT2D eigenvalue weighted by molar-refractivity contribution is 1.56. The van der Waals surface area contributed by atoms with Crippen molar-refractivity contribution < 1.29 is 0 Å². The Morgan fingerprint density at radius 3 is 2.03 bits per heavy atom. The van der Waals surface area contributed by atoms with Gasteiger partial charge in [0, 0.05) is 47.2 Å². The molecule has 2 heterocycles. The fourth-order valence-electron chi connectivity index (χ4n) is 6.50. The summed E-state index contributed by atoms with van der Waals surface area (Å²) >= 11 is 1.91. The first-order chi connectivity index (χ1) is 18.8. The minimum Gasteiger partial charge on any atom is -0.354 e. The van der Waals surface area contributed by atoms with Crippen LogP contribution in [0.5, 0.6) is 0 Å². The number of aromatic amines is 1. The van der Waals surface area contributed by atoms with Gasteiger partial charge in [0.2, 0.25) is 0 Å². The van der Waals surface area contributed by atoms with Crippen LogP contribution < -0.4 is 0 Å². The van der Waals surface area contributed by atoms with E-state index in [0.29, 0.717) is 0 Å². The minimum atomic E-state index is 1.18. The van der Waals surface area contributed by atoms with E-state index in [-0.39, 0.29) is 0 Å². The molecular formula is C36H21NS. The molecule has 1 N–H and O–H groups in total. The maximum Gasteiger partial charge on any atom is 0.0551 e. The molecule has 1 nitrogen and oxygen atoms in total. The summed E-state index contributed by atoms with van der Waals surface area (Å²) in [5, 5.41) is 13.1. The zero-order chi connectivity index (χ0) is 24.8. The SMILES string of the molecule is c1ccc2c(c1)cc(-c1ccc3[nH]c4c5ccccc5c5sc6ccccc6c5c4c3c1)c1ccccc12. The second-order valence-corrected chi connectivity index (χ2v) is 11.2. The van der Waals surface area contributed by atoms with Crippen LogP contribution in [0.15, 0.2) is 121 Å². The van der Waals surface area contributed by atoms with Gasteiger partial charge in [-0.05, 0) is 56.9 Å². The molecule has 0 saturated carbocycles. The normalized spacial score (nSPS) is 12.2. The maximum absolute atomic E-state index is 3.82. The van der Waals surface area contributed by atoms with Gasteiger partial charge in [-0.2, -0.15) is 0 Å². The van der Waals surface area contributed by atoms with E-state index in [1.165, 1.54) is 85.4 Å². The van der Waals surface area contributed by atoms with Gasteiger partial charge in [0.25, 0.3) is 0 Å². The Balaban J connectivity index is 1.46. The quantitative estimate of drug-likeness (QED) is 0.216. The number of benzene rings is 7. The summed E-state index contributed by atoms with van der Waals surface area (Å²) in [6, 6.07) is 44.5. The minimum absolute atomic E-state index is 1.18. The largest absolute Gasteiger partial charge is 0.354 e. The third-order valence-electron chi connectivity index (χ3n) is 8.16. The monoisotopic (exact) mass is 499 g/mol. The summed E-state index contributed by atoms with van der Waals surface area (Å²) in [6.07, 6.45) is 0. The molecule has 176 valence electrons. The number of H-pyrrole nitrogens is 1. The number of nitrogens with one attached hydrogen (secondary N) is 1. The molecule has 0 aliphatic heterocycles. The van der Waals surface area contributed by atoms with Crippen molar-refractivity contribution in [2.24, 2.45) is 0 Å². The van der Waals surface area contributed by atoms with Crippen LogP contribution in [0, 0.1) is 0 Å². The maximum atomic E-state index is 3.82. The second-order valence-electron chi connectivity index (χ2n) is 10.2. The Labute approximate surface area is 222 Å². The first kappa shape index (κ1) is 20.4. The molecule has 0 fully saturated rings. The highest BCUT2D eigenvalue weighted by Gasteiger charge is 2.18. The topological polar surface area (TPSA) is 15.8 Å². The molecule has 0 aliphatic carbocycles. The van der Waals surface area contributed by atoms with E-state index in [9.17, 15) is 0 Å². The summed E-state index contributed by atoms with van der Waals surface area (Å²) in [7, 11) is 0. The molecule has 9 rings (SSSR count). The van der Waals surface area contributed by atoms with E-state index in [2.05, 4.69) is 126 Å². The molecule has 9 aromatic rings. The summed E-state index contributed by atoms with van der Waals surface area (Å²) in [5.74, 6) is 0. The predicted octanol–water partition coefficient (Wildman–Crippen LogP) is 10.8. The van der Waals surface area contributed by atoms with E-state index in [1.807, 2.05) is 11.3 Å². The van der Waals surface area contributed by atoms with Crippen LogP contribution in [0.3, 0.4) is 0 Å². The van der Waals surface area contributed by atoms with Gasteiger partial charge < -0.3 is 4.98 Å². The molecule has 0 saturated heterocycles. The van der Waals surface area contributed by atoms with Crippen molar-refractivity contribution >= 4 is 85.6 Å². The van der Waals surface area contributed by atoms with Crippen LogP contribution in [-0.4, -0.2) is 4.98 Å². The number of aromatic nitrogens is 1. The first-order valence-electron chi connectivity index (χ1n) is 13.0.